The van der Waals surface area contributed by atoms with Gasteiger partial charge >= 0.3 is 0 Å². The van der Waals surface area contributed by atoms with Gasteiger partial charge in [-0.1, -0.05) is 24.1 Å². The Balaban J connectivity index is 2.12. The normalized spacial score (nSPS) is 22.2. The standard InChI is InChI=1S/C13H18ClNO2/c1-17-12-6-5-9(8-10(12)14)13(16)11-4-2-3-7-15-11/h5-6,8,11,13,15-16H,2-4,7H2,1H3. The molecule has 2 rings (SSSR count). The first-order chi connectivity index (χ1) is 8.22. The second kappa shape index (κ2) is 5.71. The van der Waals surface area contributed by atoms with Crippen LogP contribution in [0.25, 0.3) is 0 Å². The Labute approximate surface area is 107 Å². The van der Waals surface area contributed by atoms with Crippen LogP contribution in [0.5, 0.6) is 5.75 Å². The number of aliphatic hydroxyl groups excluding tert-OH is 1. The molecule has 0 amide bonds. The molecule has 1 aliphatic heterocycles. The fraction of sp³-hybridized carbons (Fsp3) is 0.538. The van der Waals surface area contributed by atoms with Crippen molar-refractivity contribution >= 4 is 11.6 Å². The maximum atomic E-state index is 10.3. The summed E-state index contributed by atoms with van der Waals surface area (Å²) in [6.45, 7) is 0.978. The van der Waals surface area contributed by atoms with Crippen LogP contribution in [0.4, 0.5) is 0 Å². The number of rotatable bonds is 3. The van der Waals surface area contributed by atoms with Crippen molar-refractivity contribution < 1.29 is 9.84 Å². The summed E-state index contributed by atoms with van der Waals surface area (Å²) in [5.74, 6) is 0.638. The molecule has 0 aromatic heterocycles. The van der Waals surface area contributed by atoms with E-state index in [2.05, 4.69) is 5.32 Å². The largest absolute Gasteiger partial charge is 0.495 e. The molecule has 2 N–H and O–H groups in total. The van der Waals surface area contributed by atoms with Gasteiger partial charge in [-0.05, 0) is 37.1 Å². The number of hydrogen-bond donors (Lipinski definition) is 2. The van der Waals surface area contributed by atoms with Gasteiger partial charge in [-0.2, -0.15) is 0 Å². The number of halogens is 1. The molecular formula is C13H18ClNO2. The summed E-state index contributed by atoms with van der Waals surface area (Å²) in [4.78, 5) is 0. The summed E-state index contributed by atoms with van der Waals surface area (Å²) < 4.78 is 5.10. The van der Waals surface area contributed by atoms with Gasteiger partial charge < -0.3 is 15.2 Å². The van der Waals surface area contributed by atoms with Crippen LogP contribution in [0.1, 0.15) is 30.9 Å². The second-order valence-electron chi connectivity index (χ2n) is 4.40. The first-order valence-corrected chi connectivity index (χ1v) is 6.35. The van der Waals surface area contributed by atoms with Crippen molar-refractivity contribution in [2.75, 3.05) is 13.7 Å². The molecule has 0 saturated carbocycles. The lowest BCUT2D eigenvalue weighted by atomic mass is 9.95. The first-order valence-electron chi connectivity index (χ1n) is 5.97. The molecule has 94 valence electrons. The second-order valence-corrected chi connectivity index (χ2v) is 4.80. The molecule has 3 nitrogen and oxygen atoms in total. The molecule has 1 aliphatic rings. The number of aliphatic hydroxyl groups is 1. The Kier molecular flexibility index (Phi) is 4.26. The Morgan fingerprint density at radius 3 is 2.88 bits per heavy atom. The molecule has 0 spiro atoms. The van der Waals surface area contributed by atoms with Crippen LogP contribution in [0.15, 0.2) is 18.2 Å². The Morgan fingerprint density at radius 2 is 2.29 bits per heavy atom. The number of benzene rings is 1. The van der Waals surface area contributed by atoms with E-state index in [1.807, 2.05) is 6.07 Å². The van der Waals surface area contributed by atoms with E-state index in [1.165, 1.54) is 12.8 Å². The van der Waals surface area contributed by atoms with Crippen molar-refractivity contribution in [2.45, 2.75) is 31.4 Å². The number of nitrogens with one attached hydrogen (secondary N) is 1. The van der Waals surface area contributed by atoms with Crippen LogP contribution in [0.3, 0.4) is 0 Å². The monoisotopic (exact) mass is 255 g/mol. The van der Waals surface area contributed by atoms with Gasteiger partial charge in [0, 0.05) is 6.04 Å². The van der Waals surface area contributed by atoms with Crippen molar-refractivity contribution in [1.29, 1.82) is 0 Å². The number of methoxy groups -OCH3 is 1. The van der Waals surface area contributed by atoms with Crippen molar-refractivity contribution in [3.05, 3.63) is 28.8 Å². The lowest BCUT2D eigenvalue weighted by Gasteiger charge is -2.28. The summed E-state index contributed by atoms with van der Waals surface area (Å²) in [5, 5.41) is 14.2. The summed E-state index contributed by atoms with van der Waals surface area (Å²) >= 11 is 6.06. The Hall–Kier alpha value is -0.770. The molecule has 1 aromatic carbocycles. The zero-order chi connectivity index (χ0) is 12.3. The highest BCUT2D eigenvalue weighted by molar-refractivity contribution is 6.32. The number of piperidine rings is 1. The summed E-state index contributed by atoms with van der Waals surface area (Å²) in [6, 6.07) is 5.57. The molecule has 0 aliphatic carbocycles. The highest BCUT2D eigenvalue weighted by Gasteiger charge is 2.23. The minimum Gasteiger partial charge on any atom is -0.495 e. The minimum atomic E-state index is -0.501. The molecule has 0 bridgehead atoms. The van der Waals surface area contributed by atoms with Crippen LogP contribution >= 0.6 is 11.6 Å². The molecule has 2 unspecified atom stereocenters. The summed E-state index contributed by atoms with van der Waals surface area (Å²) in [5.41, 5.74) is 0.843. The Bertz CT molecular complexity index is 378. The molecule has 0 radical (unpaired) electrons. The molecule has 1 heterocycles. The van der Waals surface area contributed by atoms with E-state index in [4.69, 9.17) is 16.3 Å². The molecule has 2 atom stereocenters. The quantitative estimate of drug-likeness (QED) is 0.872. The van der Waals surface area contributed by atoms with Crippen molar-refractivity contribution in [3.63, 3.8) is 0 Å². The summed E-state index contributed by atoms with van der Waals surface area (Å²) in [7, 11) is 1.58. The van der Waals surface area contributed by atoms with Gasteiger partial charge in [0.1, 0.15) is 5.75 Å². The molecule has 4 heteroatoms. The van der Waals surface area contributed by atoms with E-state index in [9.17, 15) is 5.11 Å². The fourth-order valence-electron chi connectivity index (χ4n) is 2.25. The van der Waals surface area contributed by atoms with Crippen molar-refractivity contribution in [3.8, 4) is 5.75 Å². The van der Waals surface area contributed by atoms with Crippen LogP contribution in [0, 0.1) is 0 Å². The van der Waals surface area contributed by atoms with Gasteiger partial charge in [0.25, 0.3) is 0 Å². The van der Waals surface area contributed by atoms with Crippen LogP contribution in [-0.2, 0) is 0 Å². The first kappa shape index (κ1) is 12.7. The predicted molar refractivity (Wildman–Crippen MR) is 68.6 cm³/mol. The van der Waals surface area contributed by atoms with Gasteiger partial charge in [0.2, 0.25) is 0 Å². The molecular weight excluding hydrogens is 238 g/mol. The van der Waals surface area contributed by atoms with E-state index >= 15 is 0 Å². The van der Waals surface area contributed by atoms with E-state index in [0.717, 1.165) is 18.5 Å². The van der Waals surface area contributed by atoms with E-state index in [-0.39, 0.29) is 6.04 Å². The molecule has 1 aromatic rings. The van der Waals surface area contributed by atoms with Gasteiger partial charge in [-0.15, -0.1) is 0 Å². The fourth-order valence-corrected chi connectivity index (χ4v) is 2.51. The summed E-state index contributed by atoms with van der Waals surface area (Å²) in [6.07, 6.45) is 2.86. The van der Waals surface area contributed by atoms with Gasteiger partial charge in [-0.3, -0.25) is 0 Å². The van der Waals surface area contributed by atoms with Gasteiger partial charge in [0.05, 0.1) is 18.2 Å². The number of ether oxygens (including phenoxy) is 1. The third kappa shape index (κ3) is 2.92. The molecule has 17 heavy (non-hydrogen) atoms. The van der Waals surface area contributed by atoms with Crippen molar-refractivity contribution in [2.24, 2.45) is 0 Å². The highest BCUT2D eigenvalue weighted by atomic mass is 35.5. The topological polar surface area (TPSA) is 41.5 Å². The van der Waals surface area contributed by atoms with Crippen LogP contribution < -0.4 is 10.1 Å². The number of hydrogen-bond acceptors (Lipinski definition) is 3. The SMILES string of the molecule is COc1ccc(C(O)C2CCCCN2)cc1Cl. The van der Waals surface area contributed by atoms with Gasteiger partial charge in [-0.25, -0.2) is 0 Å². The lowest BCUT2D eigenvalue weighted by molar-refractivity contribution is 0.114. The average Bonchev–Trinajstić information content (AvgIpc) is 2.39. The van der Waals surface area contributed by atoms with Gasteiger partial charge in [0.15, 0.2) is 0 Å². The Morgan fingerprint density at radius 1 is 1.47 bits per heavy atom. The van der Waals surface area contributed by atoms with E-state index < -0.39 is 6.10 Å². The lowest BCUT2D eigenvalue weighted by Crippen LogP contribution is -2.38. The molecule has 1 fully saturated rings. The predicted octanol–water partition coefficient (Wildman–Crippen LogP) is 2.52. The van der Waals surface area contributed by atoms with Crippen LogP contribution in [0.2, 0.25) is 5.02 Å². The maximum Gasteiger partial charge on any atom is 0.137 e. The third-order valence-electron chi connectivity index (χ3n) is 3.25. The highest BCUT2D eigenvalue weighted by Crippen LogP contribution is 2.30. The minimum absolute atomic E-state index is 0.133. The zero-order valence-electron chi connectivity index (χ0n) is 9.95. The van der Waals surface area contributed by atoms with E-state index in [0.29, 0.717) is 10.8 Å². The smallest absolute Gasteiger partial charge is 0.137 e. The molecule has 1 saturated heterocycles. The maximum absolute atomic E-state index is 10.3. The zero-order valence-corrected chi connectivity index (χ0v) is 10.7. The van der Waals surface area contributed by atoms with Crippen LogP contribution in [-0.4, -0.2) is 24.8 Å². The third-order valence-corrected chi connectivity index (χ3v) is 3.54. The van der Waals surface area contributed by atoms with E-state index in [1.54, 1.807) is 19.2 Å². The average molecular weight is 256 g/mol. The van der Waals surface area contributed by atoms with Crippen molar-refractivity contribution in [1.82, 2.24) is 5.32 Å².